The number of benzene rings is 1. The van der Waals surface area contributed by atoms with Crippen molar-refractivity contribution in [3.05, 3.63) is 40.3 Å². The Kier molecular flexibility index (Phi) is 5.69. The molecule has 0 saturated carbocycles. The van der Waals surface area contributed by atoms with Gasteiger partial charge >= 0.3 is 0 Å². The second kappa shape index (κ2) is 8.63. The Labute approximate surface area is 185 Å². The maximum absolute atomic E-state index is 13.0. The van der Waals surface area contributed by atoms with Gasteiger partial charge in [0.2, 0.25) is 11.8 Å². The van der Waals surface area contributed by atoms with Crippen molar-refractivity contribution in [2.24, 2.45) is 5.92 Å². The van der Waals surface area contributed by atoms with E-state index in [1.165, 1.54) is 0 Å². The van der Waals surface area contributed by atoms with Gasteiger partial charge in [-0.2, -0.15) is 5.10 Å². The van der Waals surface area contributed by atoms with Crippen molar-refractivity contribution in [1.82, 2.24) is 20.0 Å². The van der Waals surface area contributed by atoms with Crippen LogP contribution >= 0.6 is 0 Å². The molecule has 1 spiro atoms. The Morgan fingerprint density at radius 2 is 1.66 bits per heavy atom. The lowest BCUT2D eigenvalue weighted by atomic mass is 9.93. The lowest BCUT2D eigenvalue weighted by Gasteiger charge is -2.40. The third-order valence-corrected chi connectivity index (χ3v) is 6.94. The molecule has 3 saturated heterocycles. The molecule has 5 rings (SSSR count). The van der Waals surface area contributed by atoms with Crippen LogP contribution in [-0.2, 0) is 25.5 Å². The number of aromatic nitrogens is 2. The maximum Gasteiger partial charge on any atom is 0.272 e. The molecule has 9 heteroatoms. The fourth-order valence-electron chi connectivity index (χ4n) is 5.05. The van der Waals surface area contributed by atoms with E-state index in [9.17, 15) is 14.4 Å². The average molecular weight is 441 g/mol. The quantitative estimate of drug-likeness (QED) is 0.766. The maximum atomic E-state index is 13.0. The van der Waals surface area contributed by atoms with Crippen molar-refractivity contribution >= 4 is 22.6 Å². The van der Waals surface area contributed by atoms with Gasteiger partial charge in [-0.25, -0.2) is 5.10 Å². The van der Waals surface area contributed by atoms with Gasteiger partial charge in [-0.15, -0.1) is 0 Å². The summed E-state index contributed by atoms with van der Waals surface area (Å²) in [5.41, 5.74) is 0.313. The zero-order chi connectivity index (χ0) is 22.1. The van der Waals surface area contributed by atoms with Crippen LogP contribution in [0.15, 0.2) is 29.1 Å². The van der Waals surface area contributed by atoms with Gasteiger partial charge in [0.1, 0.15) is 0 Å². The molecule has 4 heterocycles. The predicted molar refractivity (Wildman–Crippen MR) is 116 cm³/mol. The standard InChI is InChI=1S/C23H28N4O5/c28-20(15-19-17-3-1-2-4-18(17)21(29)25-24-19)26-9-5-16(6-10-26)22(30)27-11-7-23(8-12-27)31-13-14-32-23/h1-4,16H,5-15H2,(H,25,29). The monoisotopic (exact) mass is 440 g/mol. The number of aromatic amines is 1. The van der Waals surface area contributed by atoms with E-state index in [0.29, 0.717) is 68.7 Å². The van der Waals surface area contributed by atoms with E-state index >= 15 is 0 Å². The van der Waals surface area contributed by atoms with E-state index in [0.717, 1.165) is 12.8 Å². The van der Waals surface area contributed by atoms with E-state index in [4.69, 9.17) is 9.47 Å². The van der Waals surface area contributed by atoms with Crippen LogP contribution in [-0.4, -0.2) is 77.0 Å². The summed E-state index contributed by atoms with van der Waals surface area (Å²) in [6.07, 6.45) is 2.90. The topological polar surface area (TPSA) is 105 Å². The molecule has 32 heavy (non-hydrogen) atoms. The summed E-state index contributed by atoms with van der Waals surface area (Å²) in [6, 6.07) is 7.17. The van der Waals surface area contributed by atoms with Crippen LogP contribution in [0.3, 0.4) is 0 Å². The van der Waals surface area contributed by atoms with Gasteiger partial charge < -0.3 is 19.3 Å². The number of carbonyl (C=O) groups is 2. The first-order chi connectivity index (χ1) is 15.5. The largest absolute Gasteiger partial charge is 0.347 e. The first-order valence-electron chi connectivity index (χ1n) is 11.4. The number of hydrogen-bond donors (Lipinski definition) is 1. The fraction of sp³-hybridized carbons (Fsp3) is 0.565. The number of H-pyrrole nitrogens is 1. The Balaban J connectivity index is 1.16. The average Bonchev–Trinajstić information content (AvgIpc) is 3.29. The molecule has 3 aliphatic heterocycles. The number of piperidine rings is 2. The highest BCUT2D eigenvalue weighted by molar-refractivity contribution is 5.88. The van der Waals surface area contributed by atoms with Crippen LogP contribution < -0.4 is 5.56 Å². The Morgan fingerprint density at radius 1 is 1.00 bits per heavy atom. The minimum Gasteiger partial charge on any atom is -0.347 e. The van der Waals surface area contributed by atoms with Crippen LogP contribution in [0.2, 0.25) is 0 Å². The van der Waals surface area contributed by atoms with Crippen molar-refractivity contribution in [2.45, 2.75) is 37.9 Å². The van der Waals surface area contributed by atoms with Gasteiger partial charge in [-0.05, 0) is 18.9 Å². The number of amides is 2. The molecule has 1 aromatic heterocycles. The van der Waals surface area contributed by atoms with Gasteiger partial charge in [-0.3, -0.25) is 14.4 Å². The molecule has 2 aromatic rings. The molecule has 3 aliphatic rings. The second-order valence-corrected chi connectivity index (χ2v) is 8.81. The van der Waals surface area contributed by atoms with Crippen LogP contribution in [0, 0.1) is 5.92 Å². The second-order valence-electron chi connectivity index (χ2n) is 8.81. The number of hydrogen-bond acceptors (Lipinski definition) is 6. The Morgan fingerprint density at radius 3 is 2.34 bits per heavy atom. The summed E-state index contributed by atoms with van der Waals surface area (Å²) < 4.78 is 11.5. The van der Waals surface area contributed by atoms with Crippen molar-refractivity contribution in [3.8, 4) is 0 Å². The van der Waals surface area contributed by atoms with Crippen LogP contribution in [0.25, 0.3) is 10.8 Å². The van der Waals surface area contributed by atoms with Gasteiger partial charge in [-0.1, -0.05) is 18.2 Å². The van der Waals surface area contributed by atoms with Gasteiger partial charge in [0.05, 0.1) is 30.7 Å². The summed E-state index contributed by atoms with van der Waals surface area (Å²) in [5.74, 6) is -0.383. The van der Waals surface area contributed by atoms with Crippen LogP contribution in [0.5, 0.6) is 0 Å². The minimum absolute atomic E-state index is 0.0314. The van der Waals surface area contributed by atoms with Crippen LogP contribution in [0.4, 0.5) is 0 Å². The summed E-state index contributed by atoms with van der Waals surface area (Å²) in [4.78, 5) is 41.6. The summed E-state index contributed by atoms with van der Waals surface area (Å²) in [6.45, 7) is 3.68. The predicted octanol–water partition coefficient (Wildman–Crippen LogP) is 1.07. The van der Waals surface area contributed by atoms with Gasteiger partial charge in [0, 0.05) is 50.3 Å². The number of ether oxygens (including phenoxy) is 2. The summed E-state index contributed by atoms with van der Waals surface area (Å²) in [5, 5.41) is 7.83. The molecule has 0 atom stereocenters. The molecule has 1 N–H and O–H groups in total. The van der Waals surface area contributed by atoms with Crippen molar-refractivity contribution in [1.29, 1.82) is 0 Å². The summed E-state index contributed by atoms with van der Waals surface area (Å²) in [7, 11) is 0. The SMILES string of the molecule is O=C(Cc1n[nH]c(=O)c2ccccc12)N1CCC(C(=O)N2CCC3(CC2)OCCO3)CC1. The number of rotatable bonds is 3. The lowest BCUT2D eigenvalue weighted by molar-refractivity contribution is -0.188. The van der Waals surface area contributed by atoms with Crippen molar-refractivity contribution in [3.63, 3.8) is 0 Å². The van der Waals surface area contributed by atoms with E-state index in [2.05, 4.69) is 10.2 Å². The van der Waals surface area contributed by atoms with Crippen molar-refractivity contribution in [2.75, 3.05) is 39.4 Å². The minimum atomic E-state index is -0.480. The molecule has 9 nitrogen and oxygen atoms in total. The number of carbonyl (C=O) groups excluding carboxylic acids is 2. The molecular weight excluding hydrogens is 412 g/mol. The van der Waals surface area contributed by atoms with E-state index in [1.807, 2.05) is 17.0 Å². The fourth-order valence-corrected chi connectivity index (χ4v) is 5.05. The third-order valence-electron chi connectivity index (χ3n) is 6.94. The van der Waals surface area contributed by atoms with Crippen LogP contribution in [0.1, 0.15) is 31.4 Å². The number of nitrogens with zero attached hydrogens (tertiary/aromatic N) is 3. The molecular formula is C23H28N4O5. The van der Waals surface area contributed by atoms with Crippen molar-refractivity contribution < 1.29 is 19.1 Å². The molecule has 0 unspecified atom stereocenters. The lowest BCUT2D eigenvalue weighted by Crippen LogP contribution is -2.50. The van der Waals surface area contributed by atoms with E-state index < -0.39 is 5.79 Å². The molecule has 0 aliphatic carbocycles. The highest BCUT2D eigenvalue weighted by atomic mass is 16.7. The van der Waals surface area contributed by atoms with Gasteiger partial charge in [0.25, 0.3) is 5.56 Å². The summed E-state index contributed by atoms with van der Waals surface area (Å²) >= 11 is 0. The first-order valence-corrected chi connectivity index (χ1v) is 11.4. The Hall–Kier alpha value is -2.78. The van der Waals surface area contributed by atoms with E-state index in [1.54, 1.807) is 17.0 Å². The zero-order valence-electron chi connectivity index (χ0n) is 18.0. The highest BCUT2D eigenvalue weighted by Gasteiger charge is 2.42. The molecule has 0 radical (unpaired) electrons. The molecule has 1 aromatic carbocycles. The number of fused-ring (bicyclic) bond motifs is 1. The first kappa shape index (κ1) is 21.1. The third kappa shape index (κ3) is 4.02. The molecule has 0 bridgehead atoms. The van der Waals surface area contributed by atoms with E-state index in [-0.39, 0.29) is 29.7 Å². The molecule has 3 fully saturated rings. The highest BCUT2D eigenvalue weighted by Crippen LogP contribution is 2.32. The smallest absolute Gasteiger partial charge is 0.272 e. The number of nitrogens with one attached hydrogen (secondary N) is 1. The Bertz CT molecular complexity index is 1060. The van der Waals surface area contributed by atoms with Gasteiger partial charge in [0.15, 0.2) is 5.79 Å². The normalized spacial score (nSPS) is 21.4. The number of likely N-dealkylation sites (tertiary alicyclic amines) is 2. The molecule has 2 amide bonds. The zero-order valence-corrected chi connectivity index (χ0v) is 18.0. The molecule has 170 valence electrons.